The predicted octanol–water partition coefficient (Wildman–Crippen LogP) is 1.33. The van der Waals surface area contributed by atoms with Gasteiger partial charge in [0, 0.05) is 11.5 Å². The fourth-order valence-electron chi connectivity index (χ4n) is 2.56. The van der Waals surface area contributed by atoms with Crippen molar-refractivity contribution in [3.63, 3.8) is 0 Å². The monoisotopic (exact) mass is 266 g/mol. The quantitative estimate of drug-likeness (QED) is 0.758. The van der Waals surface area contributed by atoms with Gasteiger partial charge in [0.15, 0.2) is 15.6 Å². The smallest absolute Gasteiger partial charge is 0.167 e. The van der Waals surface area contributed by atoms with Crippen molar-refractivity contribution in [3.8, 4) is 0 Å². The van der Waals surface area contributed by atoms with E-state index in [0.717, 1.165) is 11.1 Å². The van der Waals surface area contributed by atoms with E-state index in [0.29, 0.717) is 25.2 Å². The average Bonchev–Trinajstić information content (AvgIpc) is 2.93. The number of ether oxygens (including phenoxy) is 1. The van der Waals surface area contributed by atoms with E-state index in [1.165, 1.54) is 0 Å². The number of benzene rings is 1. The Kier molecular flexibility index (Phi) is 2.75. The minimum atomic E-state index is -3.01. The lowest BCUT2D eigenvalue weighted by Crippen LogP contribution is -2.16. The first-order valence-electron chi connectivity index (χ1n) is 5.99. The van der Waals surface area contributed by atoms with E-state index in [1.807, 2.05) is 12.1 Å². The second-order valence-corrected chi connectivity index (χ2v) is 7.17. The van der Waals surface area contributed by atoms with Gasteiger partial charge in [-0.1, -0.05) is 12.1 Å². The lowest BCUT2D eigenvalue weighted by molar-refractivity contribution is 0.0933. The lowest BCUT2D eigenvalue weighted by atomic mass is 9.95. The molecule has 0 aliphatic carbocycles. The molecule has 1 saturated heterocycles. The lowest BCUT2D eigenvalue weighted by Gasteiger charge is -2.07. The molecule has 1 atom stereocenters. The first kappa shape index (κ1) is 11.9. The zero-order valence-electron chi connectivity index (χ0n) is 9.89. The second kappa shape index (κ2) is 4.17. The standard InChI is InChI=1S/C13H14O4S/c14-13(11-3-4-18(15,16)8-11)9-1-2-10-6-17-7-12(10)5-9/h1-2,5,11H,3-4,6-8H2. The van der Waals surface area contributed by atoms with Crippen LogP contribution in [0.15, 0.2) is 18.2 Å². The number of ketones is 1. The van der Waals surface area contributed by atoms with Gasteiger partial charge in [0.05, 0.1) is 24.7 Å². The molecule has 3 rings (SSSR count). The number of sulfone groups is 1. The van der Waals surface area contributed by atoms with Crippen LogP contribution in [0, 0.1) is 5.92 Å². The molecule has 96 valence electrons. The topological polar surface area (TPSA) is 60.4 Å². The van der Waals surface area contributed by atoms with Crippen LogP contribution in [0.3, 0.4) is 0 Å². The second-order valence-electron chi connectivity index (χ2n) is 4.94. The third-order valence-corrected chi connectivity index (χ3v) is 5.38. The fourth-order valence-corrected chi connectivity index (χ4v) is 4.30. The molecule has 2 heterocycles. The Labute approximate surface area is 106 Å². The summed E-state index contributed by atoms with van der Waals surface area (Å²) in [4.78, 5) is 12.2. The molecule has 4 nitrogen and oxygen atoms in total. The first-order valence-corrected chi connectivity index (χ1v) is 7.81. The molecule has 1 aromatic rings. The van der Waals surface area contributed by atoms with Crippen LogP contribution in [-0.2, 0) is 27.8 Å². The van der Waals surface area contributed by atoms with E-state index >= 15 is 0 Å². The fraction of sp³-hybridized carbons (Fsp3) is 0.462. The van der Waals surface area contributed by atoms with Gasteiger partial charge in [0.25, 0.3) is 0 Å². The van der Waals surface area contributed by atoms with Gasteiger partial charge in [0.1, 0.15) is 0 Å². The van der Waals surface area contributed by atoms with Crippen molar-refractivity contribution in [3.05, 3.63) is 34.9 Å². The molecule has 1 fully saturated rings. The molecular weight excluding hydrogens is 252 g/mol. The first-order chi connectivity index (χ1) is 8.55. The summed E-state index contributed by atoms with van der Waals surface area (Å²) in [7, 11) is -3.01. The van der Waals surface area contributed by atoms with E-state index in [2.05, 4.69) is 0 Å². The number of Topliss-reactive ketones (excluding diaryl/α,β-unsaturated/α-hetero) is 1. The van der Waals surface area contributed by atoms with Crippen molar-refractivity contribution in [1.82, 2.24) is 0 Å². The molecule has 0 aromatic heterocycles. The van der Waals surface area contributed by atoms with Crippen molar-refractivity contribution < 1.29 is 17.9 Å². The van der Waals surface area contributed by atoms with E-state index < -0.39 is 9.84 Å². The third kappa shape index (κ3) is 2.08. The highest BCUT2D eigenvalue weighted by Crippen LogP contribution is 2.26. The van der Waals surface area contributed by atoms with Gasteiger partial charge >= 0.3 is 0 Å². The van der Waals surface area contributed by atoms with E-state index in [-0.39, 0.29) is 23.2 Å². The highest BCUT2D eigenvalue weighted by atomic mass is 32.2. The minimum Gasteiger partial charge on any atom is -0.372 e. The van der Waals surface area contributed by atoms with E-state index in [4.69, 9.17) is 4.74 Å². The maximum Gasteiger partial charge on any atom is 0.167 e. The van der Waals surface area contributed by atoms with Gasteiger partial charge in [-0.05, 0) is 23.6 Å². The summed E-state index contributed by atoms with van der Waals surface area (Å²) in [5, 5.41) is 0. The van der Waals surface area contributed by atoms with Crippen LogP contribution >= 0.6 is 0 Å². The average molecular weight is 266 g/mol. The summed E-state index contributed by atoms with van der Waals surface area (Å²) in [6.07, 6.45) is 0.453. The Morgan fingerprint density at radius 1 is 1.22 bits per heavy atom. The normalized spacial score (nSPS) is 25.0. The highest BCUT2D eigenvalue weighted by Gasteiger charge is 2.33. The summed E-state index contributed by atoms with van der Waals surface area (Å²) in [5.41, 5.74) is 2.77. The van der Waals surface area contributed by atoms with Crippen LogP contribution in [0.2, 0.25) is 0 Å². The zero-order chi connectivity index (χ0) is 12.8. The van der Waals surface area contributed by atoms with Gasteiger partial charge in [-0.3, -0.25) is 4.79 Å². The molecule has 2 aliphatic heterocycles. The number of carbonyl (C=O) groups is 1. The van der Waals surface area contributed by atoms with Crippen LogP contribution in [0.25, 0.3) is 0 Å². The van der Waals surface area contributed by atoms with Crippen molar-refractivity contribution >= 4 is 15.6 Å². The van der Waals surface area contributed by atoms with Crippen LogP contribution in [0.5, 0.6) is 0 Å². The number of hydrogen-bond acceptors (Lipinski definition) is 4. The molecule has 5 heteroatoms. The number of fused-ring (bicyclic) bond motifs is 1. The predicted molar refractivity (Wildman–Crippen MR) is 66.0 cm³/mol. The molecule has 18 heavy (non-hydrogen) atoms. The maximum absolute atomic E-state index is 12.2. The molecule has 2 aliphatic rings. The van der Waals surface area contributed by atoms with Crippen molar-refractivity contribution in [2.75, 3.05) is 11.5 Å². The Bertz CT molecular complexity index is 603. The van der Waals surface area contributed by atoms with E-state index in [9.17, 15) is 13.2 Å². The Hall–Kier alpha value is -1.20. The van der Waals surface area contributed by atoms with Crippen LogP contribution in [0.1, 0.15) is 27.9 Å². The van der Waals surface area contributed by atoms with Crippen LogP contribution in [-0.4, -0.2) is 25.7 Å². The maximum atomic E-state index is 12.2. The van der Waals surface area contributed by atoms with Crippen molar-refractivity contribution in [2.24, 2.45) is 5.92 Å². The Morgan fingerprint density at radius 3 is 2.72 bits per heavy atom. The largest absolute Gasteiger partial charge is 0.372 e. The van der Waals surface area contributed by atoms with E-state index in [1.54, 1.807) is 6.07 Å². The SMILES string of the molecule is O=C(c1ccc2c(c1)COC2)C1CCS(=O)(=O)C1. The Morgan fingerprint density at radius 2 is 2.00 bits per heavy atom. The summed E-state index contributed by atoms with van der Waals surface area (Å²) < 4.78 is 28.1. The summed E-state index contributed by atoms with van der Waals surface area (Å²) >= 11 is 0. The van der Waals surface area contributed by atoms with Crippen molar-refractivity contribution in [2.45, 2.75) is 19.6 Å². The molecule has 0 saturated carbocycles. The van der Waals surface area contributed by atoms with Gasteiger partial charge in [0.2, 0.25) is 0 Å². The zero-order valence-corrected chi connectivity index (χ0v) is 10.7. The number of rotatable bonds is 2. The molecule has 0 N–H and O–H groups in total. The number of carbonyl (C=O) groups excluding carboxylic acids is 1. The molecular formula is C13H14O4S. The van der Waals surface area contributed by atoms with Gasteiger partial charge < -0.3 is 4.74 Å². The minimum absolute atomic E-state index is 0.000577. The summed E-state index contributed by atoms with van der Waals surface area (Å²) in [6.45, 7) is 1.14. The summed E-state index contributed by atoms with van der Waals surface area (Å²) in [6, 6.07) is 5.52. The molecule has 0 bridgehead atoms. The molecule has 1 unspecified atom stereocenters. The molecule has 1 aromatic carbocycles. The number of hydrogen-bond donors (Lipinski definition) is 0. The summed E-state index contributed by atoms with van der Waals surface area (Å²) in [5.74, 6) is -0.280. The van der Waals surface area contributed by atoms with Gasteiger partial charge in [-0.25, -0.2) is 8.42 Å². The molecule has 0 spiro atoms. The van der Waals surface area contributed by atoms with Crippen LogP contribution in [0.4, 0.5) is 0 Å². The highest BCUT2D eigenvalue weighted by molar-refractivity contribution is 7.91. The van der Waals surface area contributed by atoms with Gasteiger partial charge in [-0.15, -0.1) is 0 Å². The third-order valence-electron chi connectivity index (χ3n) is 3.61. The molecule has 0 radical (unpaired) electrons. The molecule has 0 amide bonds. The van der Waals surface area contributed by atoms with Gasteiger partial charge in [-0.2, -0.15) is 0 Å². The Balaban J connectivity index is 1.85. The van der Waals surface area contributed by atoms with Crippen molar-refractivity contribution in [1.29, 1.82) is 0 Å². The van der Waals surface area contributed by atoms with Crippen LogP contribution < -0.4 is 0 Å².